The topological polar surface area (TPSA) is 158 Å². The molecule has 1 heterocycles. The summed E-state index contributed by atoms with van der Waals surface area (Å²) in [5.74, 6) is -1.03. The predicted molar refractivity (Wildman–Crippen MR) is 118 cm³/mol. The summed E-state index contributed by atoms with van der Waals surface area (Å²) in [6.45, 7) is 6.96. The largest absolute Gasteiger partial charge is 0.526 e. The molecular formula is C20H28BN3O7S. The van der Waals surface area contributed by atoms with Crippen LogP contribution in [0.4, 0.5) is 0 Å². The number of nitrogens with one attached hydrogen (secondary N) is 3. The minimum Gasteiger partial charge on any atom is -0.468 e. The molecule has 0 aliphatic rings. The number of amides is 2. The van der Waals surface area contributed by atoms with Crippen LogP contribution in [0.1, 0.15) is 38.5 Å². The third kappa shape index (κ3) is 7.79. The monoisotopic (exact) mass is 465 g/mol. The molecule has 0 aliphatic heterocycles. The van der Waals surface area contributed by atoms with E-state index in [0.29, 0.717) is 0 Å². The van der Waals surface area contributed by atoms with Crippen LogP contribution in [0.15, 0.2) is 45.7 Å². The van der Waals surface area contributed by atoms with E-state index in [2.05, 4.69) is 15.4 Å². The molecule has 1 aromatic carbocycles. The zero-order chi connectivity index (χ0) is 24.1. The van der Waals surface area contributed by atoms with Crippen molar-refractivity contribution in [3.63, 3.8) is 0 Å². The van der Waals surface area contributed by atoms with Crippen molar-refractivity contribution < 1.29 is 32.5 Å². The first-order valence-electron chi connectivity index (χ1n) is 9.89. The van der Waals surface area contributed by atoms with Gasteiger partial charge in [0.15, 0.2) is 0 Å². The Labute approximate surface area is 187 Å². The number of rotatable bonds is 9. The van der Waals surface area contributed by atoms with E-state index >= 15 is 0 Å². The molecule has 12 heteroatoms. The fourth-order valence-electron chi connectivity index (χ4n) is 2.74. The van der Waals surface area contributed by atoms with Crippen molar-refractivity contribution in [1.29, 1.82) is 0 Å². The molecule has 1 atom stereocenters. The molecule has 0 unspecified atom stereocenters. The van der Waals surface area contributed by atoms with Crippen molar-refractivity contribution in [1.82, 2.24) is 15.4 Å². The van der Waals surface area contributed by atoms with Crippen molar-refractivity contribution in [2.45, 2.75) is 57.1 Å². The highest BCUT2D eigenvalue weighted by Gasteiger charge is 2.29. The van der Waals surface area contributed by atoms with Gasteiger partial charge in [0.2, 0.25) is 21.8 Å². The van der Waals surface area contributed by atoms with E-state index in [4.69, 9.17) is 14.5 Å². The summed E-state index contributed by atoms with van der Waals surface area (Å²) in [7, 11) is -5.88. The van der Waals surface area contributed by atoms with Crippen LogP contribution in [0.3, 0.4) is 0 Å². The highest BCUT2D eigenvalue weighted by Crippen LogP contribution is 2.12. The second kappa shape index (κ2) is 10.3. The first-order valence-corrected chi connectivity index (χ1v) is 11.4. The van der Waals surface area contributed by atoms with Crippen molar-refractivity contribution in [3.05, 3.63) is 47.7 Å². The Kier molecular flexibility index (Phi) is 8.24. The summed E-state index contributed by atoms with van der Waals surface area (Å²) >= 11 is 0. The molecule has 0 bridgehead atoms. The van der Waals surface area contributed by atoms with E-state index in [1.165, 1.54) is 24.3 Å². The molecule has 174 valence electrons. The lowest BCUT2D eigenvalue weighted by Gasteiger charge is -2.23. The average molecular weight is 465 g/mol. The third-order valence-electron chi connectivity index (χ3n) is 4.22. The molecule has 32 heavy (non-hydrogen) atoms. The van der Waals surface area contributed by atoms with Crippen LogP contribution in [0.2, 0.25) is 0 Å². The van der Waals surface area contributed by atoms with Crippen LogP contribution in [-0.2, 0) is 26.2 Å². The molecule has 10 nitrogen and oxygen atoms in total. The van der Waals surface area contributed by atoms with Gasteiger partial charge < -0.3 is 25.1 Å². The molecule has 2 rings (SSSR count). The van der Waals surface area contributed by atoms with Crippen LogP contribution in [0.5, 0.6) is 0 Å². The maximum Gasteiger partial charge on any atom is 0.526 e. The van der Waals surface area contributed by atoms with E-state index < -0.39 is 47.0 Å². The smallest absolute Gasteiger partial charge is 0.468 e. The van der Waals surface area contributed by atoms with Crippen molar-refractivity contribution in [2.75, 3.05) is 0 Å². The Hall–Kier alpha value is -2.67. The number of aryl methyl sites for hydroxylation is 1. The second-order valence-electron chi connectivity index (χ2n) is 8.38. The summed E-state index contributed by atoms with van der Waals surface area (Å²) in [6.07, 6.45) is -0.424. The van der Waals surface area contributed by atoms with Crippen LogP contribution >= 0.6 is 0 Å². The molecule has 0 spiro atoms. The van der Waals surface area contributed by atoms with Crippen LogP contribution in [-0.4, -0.2) is 49.0 Å². The zero-order valence-electron chi connectivity index (χ0n) is 18.4. The fraction of sp³-hybridized carbons (Fsp3) is 0.400. The van der Waals surface area contributed by atoms with Gasteiger partial charge in [0.25, 0.3) is 0 Å². The quantitative estimate of drug-likeness (QED) is 0.314. The van der Waals surface area contributed by atoms with E-state index in [1.807, 2.05) is 6.92 Å². The second-order valence-corrected chi connectivity index (χ2v) is 10.1. The van der Waals surface area contributed by atoms with E-state index in [9.17, 15) is 18.0 Å². The Balaban J connectivity index is 2.17. The minimum atomic E-state index is -4.08. The Morgan fingerprint density at radius 2 is 1.72 bits per heavy atom. The zero-order valence-corrected chi connectivity index (χ0v) is 19.2. The lowest BCUT2D eigenvalue weighted by Crippen LogP contribution is -2.50. The van der Waals surface area contributed by atoms with E-state index in [-0.39, 0.29) is 22.9 Å². The molecule has 1 aromatic heterocycles. The van der Waals surface area contributed by atoms with Gasteiger partial charge in [-0.15, -0.1) is 0 Å². The normalized spacial score (nSPS) is 12.8. The Morgan fingerprint density at radius 3 is 2.25 bits per heavy atom. The standard InChI is InChI=1S/C20H28BN3O7S/c1-13-5-8-15(9-6-13)32(29,30)24-16(11-18(25)23-20(2,3)4)19(26)22-12-14-7-10-17(31-14)21(27)28/h5-10,16,24,27-28H,11-12H2,1-4H3,(H,22,26)(H,23,25)/t16-/m0/s1. The lowest BCUT2D eigenvalue weighted by atomic mass is 9.88. The van der Waals surface area contributed by atoms with Gasteiger partial charge in [-0.2, -0.15) is 4.72 Å². The average Bonchev–Trinajstić information content (AvgIpc) is 3.13. The van der Waals surface area contributed by atoms with Gasteiger partial charge in [-0.05, 0) is 52.0 Å². The molecule has 0 saturated heterocycles. The molecule has 5 N–H and O–H groups in total. The Bertz CT molecular complexity index is 1040. The van der Waals surface area contributed by atoms with Gasteiger partial charge in [0.1, 0.15) is 17.5 Å². The number of carbonyl (C=O) groups is 2. The van der Waals surface area contributed by atoms with Gasteiger partial charge in [-0.25, -0.2) is 8.42 Å². The predicted octanol–water partition coefficient (Wildman–Crippen LogP) is -0.464. The number of hydrogen-bond donors (Lipinski definition) is 5. The molecule has 0 fully saturated rings. The molecule has 2 aromatic rings. The minimum absolute atomic E-state index is 0.0373. The van der Waals surface area contributed by atoms with Gasteiger partial charge >= 0.3 is 7.12 Å². The summed E-state index contributed by atoms with van der Waals surface area (Å²) < 4.78 is 33.0. The molecule has 2 amide bonds. The van der Waals surface area contributed by atoms with Crippen LogP contribution in [0, 0.1) is 6.92 Å². The lowest BCUT2D eigenvalue weighted by molar-refractivity contribution is -0.128. The maximum absolute atomic E-state index is 12.8. The first kappa shape index (κ1) is 25.6. The molecule has 0 saturated carbocycles. The number of carbonyl (C=O) groups excluding carboxylic acids is 2. The number of sulfonamides is 1. The molecular weight excluding hydrogens is 437 g/mol. The van der Waals surface area contributed by atoms with Gasteiger partial charge in [-0.3, -0.25) is 9.59 Å². The third-order valence-corrected chi connectivity index (χ3v) is 5.71. The fourth-order valence-corrected chi connectivity index (χ4v) is 3.94. The highest BCUT2D eigenvalue weighted by molar-refractivity contribution is 7.89. The Morgan fingerprint density at radius 1 is 1.09 bits per heavy atom. The number of furan rings is 1. The van der Waals surface area contributed by atoms with E-state index in [0.717, 1.165) is 5.56 Å². The number of benzene rings is 1. The summed E-state index contributed by atoms with van der Waals surface area (Å²) in [5, 5.41) is 23.4. The maximum atomic E-state index is 12.8. The summed E-state index contributed by atoms with van der Waals surface area (Å²) in [5.41, 5.74) is 0.202. The highest BCUT2D eigenvalue weighted by atomic mass is 32.2. The van der Waals surface area contributed by atoms with Gasteiger partial charge in [0.05, 0.1) is 17.9 Å². The summed E-state index contributed by atoms with van der Waals surface area (Å²) in [6, 6.07) is 7.45. The van der Waals surface area contributed by atoms with Crippen molar-refractivity contribution in [2.24, 2.45) is 0 Å². The molecule has 0 radical (unpaired) electrons. The SMILES string of the molecule is Cc1ccc(S(=O)(=O)N[C@@H](CC(=O)NC(C)(C)C)C(=O)NCc2ccc(B(O)O)o2)cc1. The number of hydrogen-bond acceptors (Lipinski definition) is 7. The summed E-state index contributed by atoms with van der Waals surface area (Å²) in [4.78, 5) is 25.1. The van der Waals surface area contributed by atoms with Crippen molar-refractivity contribution in [3.8, 4) is 0 Å². The molecule has 0 aliphatic carbocycles. The van der Waals surface area contributed by atoms with Crippen molar-refractivity contribution >= 4 is 34.6 Å². The first-order chi connectivity index (χ1) is 14.8. The van der Waals surface area contributed by atoms with Gasteiger partial charge in [0, 0.05) is 5.54 Å². The van der Waals surface area contributed by atoms with Gasteiger partial charge in [-0.1, -0.05) is 17.7 Å². The van der Waals surface area contributed by atoms with Crippen LogP contribution in [0.25, 0.3) is 0 Å². The van der Waals surface area contributed by atoms with E-state index in [1.54, 1.807) is 32.9 Å². The van der Waals surface area contributed by atoms with Crippen LogP contribution < -0.4 is 21.0 Å².